The van der Waals surface area contributed by atoms with Gasteiger partial charge >= 0.3 is 12.4 Å². The number of hydrogen-bond donors (Lipinski definition) is 0. The molecule has 9 heteroatoms. The van der Waals surface area contributed by atoms with Gasteiger partial charge in [0.05, 0.1) is 11.6 Å². The Hall–Kier alpha value is -1.43. The van der Waals surface area contributed by atoms with Crippen LogP contribution < -0.4 is 0 Å². The Labute approximate surface area is 96.2 Å². The molecule has 0 spiro atoms. The Morgan fingerprint density at radius 2 is 1.71 bits per heavy atom. The van der Waals surface area contributed by atoms with Crippen molar-refractivity contribution in [3.8, 4) is 6.07 Å². The average Bonchev–Trinajstić information content (AvgIpc) is 2.13. The summed E-state index contributed by atoms with van der Waals surface area (Å²) >= 11 is 4.27. The number of nitrogens with zero attached hydrogens (tertiary/aromatic N) is 2. The molecule has 0 aromatic rings. The molecule has 0 aromatic carbocycles. The zero-order valence-corrected chi connectivity index (χ0v) is 8.54. The van der Waals surface area contributed by atoms with Crippen molar-refractivity contribution >= 4 is 22.9 Å². The summed E-state index contributed by atoms with van der Waals surface area (Å²) in [7, 11) is 0. The number of rotatable bonds is 0. The van der Waals surface area contributed by atoms with Gasteiger partial charge in [-0.05, 0) is 6.08 Å². The number of hydrogen-bond acceptors (Lipinski definition) is 2. The third kappa shape index (κ3) is 2.82. The minimum Gasteiger partial charge on any atom is -0.235 e. The fraction of sp³-hybridized carbons (Fsp3) is 0.375. The topological polar surface area (TPSA) is 36.1 Å². The van der Waals surface area contributed by atoms with Crippen molar-refractivity contribution in [2.24, 2.45) is 10.9 Å². The number of dihydropyridines is 1. The van der Waals surface area contributed by atoms with Crippen LogP contribution in [-0.4, -0.2) is 23.1 Å². The number of aliphatic imine (C=N–C) groups is 1. The standard InChI is InChI=1S/C8H2F6N2S/c9-7(10,11)4-1-5(8(12,13)14)16-6(17)3(4)2-15/h1,3H/t3-/m1/s1. The molecule has 0 unspecified atom stereocenters. The molecule has 17 heavy (non-hydrogen) atoms. The molecule has 2 nitrogen and oxygen atoms in total. The highest BCUT2D eigenvalue weighted by molar-refractivity contribution is 7.80. The van der Waals surface area contributed by atoms with Gasteiger partial charge in [-0.2, -0.15) is 31.6 Å². The van der Waals surface area contributed by atoms with E-state index in [4.69, 9.17) is 5.26 Å². The molecule has 0 fully saturated rings. The third-order valence-corrected chi connectivity index (χ3v) is 2.15. The van der Waals surface area contributed by atoms with E-state index in [0.717, 1.165) is 0 Å². The molecule has 1 aliphatic rings. The second kappa shape index (κ2) is 4.10. The summed E-state index contributed by atoms with van der Waals surface area (Å²) < 4.78 is 73.9. The first-order valence-electron chi connectivity index (χ1n) is 3.95. The zero-order valence-electron chi connectivity index (χ0n) is 7.73. The molecule has 0 aromatic heterocycles. The van der Waals surface area contributed by atoms with Gasteiger partial charge in [0.25, 0.3) is 0 Å². The number of halogens is 6. The first-order valence-corrected chi connectivity index (χ1v) is 4.36. The highest BCUT2D eigenvalue weighted by Crippen LogP contribution is 2.36. The van der Waals surface area contributed by atoms with Crippen LogP contribution in [0.15, 0.2) is 16.6 Å². The van der Waals surface area contributed by atoms with Crippen molar-refractivity contribution in [3.05, 3.63) is 11.6 Å². The minimum absolute atomic E-state index is 0.191. The number of alkyl halides is 6. The van der Waals surface area contributed by atoms with Crippen LogP contribution in [0.2, 0.25) is 0 Å². The van der Waals surface area contributed by atoms with Gasteiger partial charge in [0.2, 0.25) is 0 Å². The van der Waals surface area contributed by atoms with Crippen LogP contribution in [0, 0.1) is 17.2 Å². The molecule has 0 radical (unpaired) electrons. The van der Waals surface area contributed by atoms with Gasteiger partial charge in [0.15, 0.2) is 0 Å². The predicted molar refractivity (Wildman–Crippen MR) is 49.3 cm³/mol. The summed E-state index contributed by atoms with van der Waals surface area (Å²) in [4.78, 5) is 1.86. The summed E-state index contributed by atoms with van der Waals surface area (Å²) in [5.41, 5.74) is -3.39. The molecule has 1 atom stereocenters. The van der Waals surface area contributed by atoms with Crippen molar-refractivity contribution in [3.63, 3.8) is 0 Å². The van der Waals surface area contributed by atoms with Crippen molar-refractivity contribution in [1.29, 1.82) is 5.26 Å². The van der Waals surface area contributed by atoms with Gasteiger partial charge in [-0.3, -0.25) is 0 Å². The van der Waals surface area contributed by atoms with Crippen molar-refractivity contribution in [2.45, 2.75) is 12.4 Å². The second-order valence-corrected chi connectivity index (χ2v) is 3.41. The maximum atomic E-state index is 12.4. The largest absolute Gasteiger partial charge is 0.433 e. The van der Waals surface area contributed by atoms with Gasteiger partial charge < -0.3 is 0 Å². The first-order chi connectivity index (χ1) is 7.57. The van der Waals surface area contributed by atoms with E-state index in [-0.39, 0.29) is 6.08 Å². The lowest BCUT2D eigenvalue weighted by atomic mass is 9.95. The molecule has 0 saturated carbocycles. The van der Waals surface area contributed by atoms with Crippen LogP contribution in [0.25, 0.3) is 0 Å². The number of allylic oxidation sites excluding steroid dienone is 1. The number of thiocarbonyl (C=S) groups is 1. The first kappa shape index (κ1) is 13.6. The van der Waals surface area contributed by atoms with Gasteiger partial charge in [-0.15, -0.1) is 0 Å². The smallest absolute Gasteiger partial charge is 0.235 e. The van der Waals surface area contributed by atoms with Gasteiger partial charge in [-0.1, -0.05) is 12.2 Å². The maximum absolute atomic E-state index is 12.4. The third-order valence-electron chi connectivity index (χ3n) is 1.83. The summed E-state index contributed by atoms with van der Waals surface area (Å²) in [6, 6.07) is 1.18. The lowest BCUT2D eigenvalue weighted by molar-refractivity contribution is -0.0952. The van der Waals surface area contributed by atoms with Gasteiger partial charge in [-0.25, -0.2) is 4.99 Å². The quantitative estimate of drug-likeness (QED) is 0.502. The Morgan fingerprint density at radius 3 is 2.06 bits per heavy atom. The summed E-state index contributed by atoms with van der Waals surface area (Å²) in [5.74, 6) is -1.98. The molecule has 1 rings (SSSR count). The van der Waals surface area contributed by atoms with E-state index in [2.05, 4.69) is 17.2 Å². The van der Waals surface area contributed by atoms with Crippen LogP contribution in [0.5, 0.6) is 0 Å². The van der Waals surface area contributed by atoms with E-state index in [0.29, 0.717) is 0 Å². The molecule has 0 amide bonds. The van der Waals surface area contributed by atoms with E-state index >= 15 is 0 Å². The minimum atomic E-state index is -5.06. The van der Waals surface area contributed by atoms with E-state index < -0.39 is 34.5 Å². The van der Waals surface area contributed by atoms with Crippen molar-refractivity contribution in [2.75, 3.05) is 0 Å². The molecule has 0 saturated heterocycles. The fourth-order valence-electron chi connectivity index (χ4n) is 1.09. The van der Waals surface area contributed by atoms with E-state index in [9.17, 15) is 26.3 Å². The van der Waals surface area contributed by atoms with Crippen LogP contribution in [0.1, 0.15) is 0 Å². The van der Waals surface area contributed by atoms with Crippen molar-refractivity contribution in [1.82, 2.24) is 0 Å². The fourth-order valence-corrected chi connectivity index (χ4v) is 1.37. The molecular weight excluding hydrogens is 270 g/mol. The lowest BCUT2D eigenvalue weighted by Crippen LogP contribution is -2.33. The van der Waals surface area contributed by atoms with E-state index in [1.165, 1.54) is 6.07 Å². The van der Waals surface area contributed by atoms with Crippen LogP contribution in [-0.2, 0) is 0 Å². The molecule has 92 valence electrons. The maximum Gasteiger partial charge on any atom is 0.433 e. The summed E-state index contributed by atoms with van der Waals surface area (Å²) in [5, 5.41) is 8.46. The van der Waals surface area contributed by atoms with E-state index in [1.807, 2.05) is 0 Å². The number of nitriles is 1. The van der Waals surface area contributed by atoms with Crippen LogP contribution in [0.3, 0.4) is 0 Å². The SMILES string of the molecule is N#C[C@H]1C(=S)N=C(C(F)(F)F)C=C1C(F)(F)F. The zero-order chi connectivity index (χ0) is 13.4. The Morgan fingerprint density at radius 1 is 1.18 bits per heavy atom. The van der Waals surface area contributed by atoms with Crippen molar-refractivity contribution < 1.29 is 26.3 Å². The Kier molecular flexibility index (Phi) is 3.29. The highest BCUT2D eigenvalue weighted by atomic mass is 32.1. The predicted octanol–water partition coefficient (Wildman–Crippen LogP) is 2.96. The van der Waals surface area contributed by atoms with E-state index in [1.54, 1.807) is 0 Å². The molecule has 0 aliphatic carbocycles. The normalized spacial score (nSPS) is 21.7. The monoisotopic (exact) mass is 272 g/mol. The summed E-state index contributed by atoms with van der Waals surface area (Å²) in [6.45, 7) is 0. The lowest BCUT2D eigenvalue weighted by Gasteiger charge is -2.21. The van der Waals surface area contributed by atoms with Crippen LogP contribution >= 0.6 is 12.2 Å². The molecular formula is C8H2F6N2S. The van der Waals surface area contributed by atoms with Crippen LogP contribution in [0.4, 0.5) is 26.3 Å². The Bertz CT molecular complexity index is 450. The molecule has 0 N–H and O–H groups in total. The molecule has 1 aliphatic heterocycles. The van der Waals surface area contributed by atoms with Gasteiger partial charge in [0, 0.05) is 0 Å². The highest BCUT2D eigenvalue weighted by Gasteiger charge is 2.46. The summed E-state index contributed by atoms with van der Waals surface area (Å²) in [6.07, 6.45) is -10.3. The average molecular weight is 272 g/mol. The van der Waals surface area contributed by atoms with Gasteiger partial charge in [0.1, 0.15) is 16.6 Å². The molecule has 1 heterocycles. The Balaban J connectivity index is 3.33. The molecule has 0 bridgehead atoms. The second-order valence-electron chi connectivity index (χ2n) is 2.99.